The highest BCUT2D eigenvalue weighted by Crippen LogP contribution is 2.72. The number of nitrogens with one attached hydrogen (secondary N) is 4. The van der Waals surface area contributed by atoms with Crippen molar-refractivity contribution in [2.45, 2.75) is 178 Å². The first-order chi connectivity index (χ1) is 62.7. The molecule has 0 spiro atoms. The number of aliphatic hydroxyl groups excluding tert-OH is 6. The Labute approximate surface area is 754 Å². The average molecular weight is 1840 g/mol. The van der Waals surface area contributed by atoms with E-state index in [1.165, 1.54) is 54.8 Å². The highest BCUT2D eigenvalue weighted by molar-refractivity contribution is 7.22. The van der Waals surface area contributed by atoms with Crippen LogP contribution in [0, 0.1) is 23.2 Å². The van der Waals surface area contributed by atoms with E-state index in [1.54, 1.807) is 31.5 Å². The summed E-state index contributed by atoms with van der Waals surface area (Å²) in [5.74, 6) is -5.27. The van der Waals surface area contributed by atoms with E-state index < -0.39 is 134 Å². The largest absolute Gasteiger partial charge is 0.496 e. The number of pyridine rings is 1. The van der Waals surface area contributed by atoms with Crippen molar-refractivity contribution in [3.63, 3.8) is 0 Å². The normalized spacial score (nSPS) is 25.5. The number of ether oxygens (including phenoxy) is 13. The van der Waals surface area contributed by atoms with E-state index in [1.807, 2.05) is 46.8 Å². The van der Waals surface area contributed by atoms with Crippen LogP contribution in [0.2, 0.25) is 0 Å². The van der Waals surface area contributed by atoms with Crippen LogP contribution in [-0.4, -0.2) is 291 Å². The molecule has 3 aromatic heterocycles. The lowest BCUT2D eigenvalue weighted by atomic mass is 9.39. The molecule has 4 aliphatic carbocycles. The van der Waals surface area contributed by atoms with Gasteiger partial charge >= 0.3 is 30.1 Å². The summed E-state index contributed by atoms with van der Waals surface area (Å²) in [6.07, 6.45) is -11.2. The van der Waals surface area contributed by atoms with Gasteiger partial charge in [0.25, 0.3) is 17.7 Å². The Hall–Kier alpha value is -11.8. The monoisotopic (exact) mass is 1840 g/mol. The maximum Gasteiger partial charge on any atom is 0.407 e. The molecule has 15 rings (SSSR count). The van der Waals surface area contributed by atoms with Crippen molar-refractivity contribution in [2.75, 3.05) is 103 Å². The summed E-state index contributed by atoms with van der Waals surface area (Å²) >= 11 is 1.38. The van der Waals surface area contributed by atoms with E-state index in [4.69, 9.17) is 71.7 Å². The maximum absolute atomic E-state index is 14.0. The Morgan fingerprint density at radius 2 is 1.24 bits per heavy atom. The molecule has 4 saturated carbocycles. The number of fused-ring (bicyclic) bond motifs is 2. The van der Waals surface area contributed by atoms with Crippen molar-refractivity contribution in [1.29, 1.82) is 0 Å². The molecule has 6 amide bonds. The van der Waals surface area contributed by atoms with Gasteiger partial charge in [0.05, 0.1) is 68.2 Å². The van der Waals surface area contributed by atoms with Crippen molar-refractivity contribution < 1.29 is 151 Å². The summed E-state index contributed by atoms with van der Waals surface area (Å²) in [5.41, 5.74) is 4.12. The van der Waals surface area contributed by atoms with Crippen LogP contribution in [-0.2, 0) is 94.6 Å². The van der Waals surface area contributed by atoms with Crippen LogP contribution in [0.4, 0.5) is 20.5 Å². The number of hydrogen-bond donors (Lipinski definition) is 13. The van der Waals surface area contributed by atoms with E-state index in [0.717, 1.165) is 82.6 Å². The molecule has 4 bridgehead atoms. The van der Waals surface area contributed by atoms with Gasteiger partial charge in [-0.3, -0.25) is 34.1 Å². The number of alkyl carbamates (subject to hydrolysis) is 2. The van der Waals surface area contributed by atoms with Gasteiger partial charge in [0, 0.05) is 123 Å². The lowest BCUT2D eigenvalue weighted by Crippen LogP contribution is -2.64. The third-order valence-corrected chi connectivity index (χ3v) is 25.2. The van der Waals surface area contributed by atoms with Gasteiger partial charge in [0.2, 0.25) is 18.5 Å². The molecule has 4 aromatic carbocycles. The SMILES string of the molecule is COCC(CCOC12CC3(C)CC(C)(CC(Cn4ncc(-c5ccc(N6CCc7c(OC)ccc(C(=O)Nc8nc9ccccc9s8)c7C6)nc5C(=O)O)c4C)(C3)C1)C2)NC(=O)OCc1ccc(O[C@@H]2O[C@H](C(=O)O)[C@@H](O)[C@H](O)[C@H]2O)cc1OCCOCCNC(=O)OCc1ccc(O[C@@H]2O[C@H](C(=O)O)[C@@H](O)[C@H](O)[C@H]2O)cc1OCCOCCNC(=O)CCN1C(=O)C=CC1=O. The number of rotatable bonds is 42. The van der Waals surface area contributed by atoms with E-state index >= 15 is 0 Å². The zero-order chi connectivity index (χ0) is 93.2. The first-order valence-corrected chi connectivity index (χ1v) is 43.5. The number of nitrogens with zero attached hydrogens (tertiary/aromatic N) is 6. The second kappa shape index (κ2) is 41.3. The topological polar surface area (TPSA) is 554 Å². The number of aliphatic carboxylic acids is 2. The smallest absolute Gasteiger partial charge is 0.407 e. The van der Waals surface area contributed by atoms with Gasteiger partial charge < -0.3 is 128 Å². The summed E-state index contributed by atoms with van der Waals surface area (Å²) in [6.45, 7) is 6.75. The Morgan fingerprint density at radius 1 is 0.634 bits per heavy atom. The minimum atomic E-state index is -2.00. The molecule has 3 unspecified atom stereocenters. The molecule has 13 N–H and O–H groups in total. The molecular weight excluding hydrogens is 1740 g/mol. The number of carbonyl (C=O) groups is 9. The Bertz CT molecular complexity index is 5330. The summed E-state index contributed by atoms with van der Waals surface area (Å²) in [6, 6.07) is 22.4. The van der Waals surface area contributed by atoms with Gasteiger partial charge in [-0.2, -0.15) is 5.10 Å². The van der Waals surface area contributed by atoms with Crippen LogP contribution >= 0.6 is 11.3 Å². The van der Waals surface area contributed by atoms with Gasteiger partial charge in [-0.1, -0.05) is 37.3 Å². The van der Waals surface area contributed by atoms with E-state index in [0.29, 0.717) is 59.3 Å². The zero-order valence-corrected chi connectivity index (χ0v) is 73.3. The zero-order valence-electron chi connectivity index (χ0n) is 72.4. The van der Waals surface area contributed by atoms with Crippen LogP contribution in [0.15, 0.2) is 103 Å². The highest BCUT2D eigenvalue weighted by atomic mass is 32.1. The molecular formula is C89H106N10O31S. The fourth-order valence-corrected chi connectivity index (χ4v) is 20.3. The van der Waals surface area contributed by atoms with Crippen molar-refractivity contribution in [3.05, 3.63) is 142 Å². The maximum atomic E-state index is 14.0. The third-order valence-electron chi connectivity index (χ3n) is 24.3. The van der Waals surface area contributed by atoms with E-state index in [2.05, 4.69) is 40.1 Å². The van der Waals surface area contributed by atoms with Crippen LogP contribution in [0.5, 0.6) is 28.7 Å². The summed E-state index contributed by atoms with van der Waals surface area (Å²) in [7, 11) is 3.09. The van der Waals surface area contributed by atoms with Crippen LogP contribution < -0.4 is 49.9 Å². The van der Waals surface area contributed by atoms with Gasteiger partial charge in [0.15, 0.2) is 23.0 Å². The van der Waals surface area contributed by atoms with Crippen LogP contribution in [0.3, 0.4) is 0 Å². The molecule has 7 heterocycles. The molecule has 7 aromatic rings. The number of carbonyl (C=O) groups excluding carboxylic acids is 6. The molecule has 13 atom stereocenters. The Kier molecular flexibility index (Phi) is 30.1. The standard InChI is InChI=1S/C89H106N10O31S/c1-48-57(55-15-17-64(95-68(55)78(110)111)97-25-20-54-58(37-97)56(14-16-60(54)119-5)77(109)96-83-94-59-8-6-7-9-63(59)131-83)36-92-99(48)47-88-42-86(2)41-87(3,43-88)45-89(44-86,46-88)126-27-22-51(40-118-4)93-85(117)125-39-50-11-13-53(128-82-74(108)70(104)72(106)76(130-82)80(114)115)35-62(50)123-33-31-121-29-24-91-84(116)124-38-49-10-12-52(127-81-73(107)69(103)71(105)75(129-81)79(112)113)34-61(49)122-32-30-120-28-23-90-65(100)21-26-98-66(101)18-19-67(98)102/h6-19,34-36,51,69-76,81-82,103-108H,20-33,37-47H2,1-5H3,(H,90,100)(H,91,116)(H,93,117)(H,110,111)(H,112,113)(H,114,115)(H,94,96,109)/t51?,69-,70-,71-,72-,73+,74+,75-,76-,81+,82+,86?,87?,88?,89?/m0/s1. The molecule has 2 saturated heterocycles. The van der Waals surface area contributed by atoms with Crippen LogP contribution in [0.1, 0.15) is 114 Å². The van der Waals surface area contributed by atoms with Gasteiger partial charge in [-0.15, -0.1) is 0 Å². The lowest BCUT2D eigenvalue weighted by molar-refractivity contribution is -0.271. The number of benzene rings is 4. The minimum absolute atomic E-state index is 0.0231. The third kappa shape index (κ3) is 22.5. The second-order valence-corrected chi connectivity index (χ2v) is 35.4. The number of imide groups is 1. The number of amides is 6. The highest BCUT2D eigenvalue weighted by Gasteiger charge is 2.66. The average Bonchev–Trinajstić information content (AvgIpc) is 0.874. The van der Waals surface area contributed by atoms with Gasteiger partial charge in [0.1, 0.15) is 97.6 Å². The quantitative estimate of drug-likeness (QED) is 0.0184. The molecule has 0 radical (unpaired) electrons. The van der Waals surface area contributed by atoms with E-state index in [9.17, 15) is 89.1 Å². The number of hydrogen-bond acceptors (Lipinski definition) is 33. The van der Waals surface area contributed by atoms with Crippen molar-refractivity contribution >= 4 is 86.2 Å². The van der Waals surface area contributed by atoms with Gasteiger partial charge in [-0.05, 0) is 141 Å². The molecule has 131 heavy (non-hydrogen) atoms. The molecule has 6 fully saturated rings. The fourth-order valence-electron chi connectivity index (χ4n) is 19.4. The number of aliphatic hydroxyl groups is 6. The Morgan fingerprint density at radius 3 is 1.84 bits per heavy atom. The predicted octanol–water partition coefficient (Wildman–Crippen LogP) is 4.54. The van der Waals surface area contributed by atoms with Crippen molar-refractivity contribution in [1.82, 2.24) is 40.6 Å². The number of carboxylic acids is 3. The Balaban J connectivity index is 0.569. The van der Waals surface area contributed by atoms with Crippen molar-refractivity contribution in [3.8, 4) is 39.9 Å². The fraction of sp³-hybridized carbons (Fsp3) is 0.506. The molecule has 4 aliphatic heterocycles. The molecule has 42 heteroatoms. The summed E-state index contributed by atoms with van der Waals surface area (Å²) < 4.78 is 78.2. The predicted molar refractivity (Wildman–Crippen MR) is 458 cm³/mol. The number of aromatic carboxylic acids is 1. The minimum Gasteiger partial charge on any atom is -0.496 e. The first-order valence-electron chi connectivity index (χ1n) is 42.7. The number of carboxylic acid groups (broad SMARTS) is 3. The number of thiazole rings is 1. The lowest BCUT2D eigenvalue weighted by Gasteiger charge is -2.69. The first kappa shape index (κ1) is 95.3. The van der Waals surface area contributed by atoms with Crippen molar-refractivity contribution in [2.24, 2.45) is 16.2 Å². The number of aromatic nitrogens is 4. The molecule has 8 aliphatic rings. The molecule has 704 valence electrons. The van der Waals surface area contributed by atoms with E-state index in [-0.39, 0.29) is 147 Å². The van der Waals surface area contributed by atoms with Crippen LogP contribution in [0.25, 0.3) is 21.3 Å². The molecule has 41 nitrogen and oxygen atoms in total. The summed E-state index contributed by atoms with van der Waals surface area (Å²) in [5, 5.41) is 110. The number of para-hydroxylation sites is 1. The number of anilines is 2. The van der Waals surface area contributed by atoms with Gasteiger partial charge in [-0.25, -0.2) is 33.9 Å². The number of methoxy groups -OCH3 is 2. The second-order valence-electron chi connectivity index (χ2n) is 34.4. The summed E-state index contributed by atoms with van der Waals surface area (Å²) in [4.78, 5) is 126.